The fourth-order valence-corrected chi connectivity index (χ4v) is 3.05. The highest BCUT2D eigenvalue weighted by Crippen LogP contribution is 2.32. The van der Waals surface area contributed by atoms with Crippen molar-refractivity contribution >= 4 is 39.6 Å². The Labute approximate surface area is 143 Å². The number of carbonyl (C=O) groups is 1. The number of rotatable bonds is 3. The zero-order valence-corrected chi connectivity index (χ0v) is 13.8. The molecular weight excluding hydrogens is 365 g/mol. The Balaban J connectivity index is 1.83. The van der Waals surface area contributed by atoms with Crippen molar-refractivity contribution in [2.45, 2.75) is 19.5 Å². The number of alkyl halides is 3. The first kappa shape index (κ1) is 16.7. The smallest absolute Gasteiger partial charge is 0.305 e. The molecule has 10 heteroatoms. The minimum Gasteiger partial charge on any atom is -0.305 e. The summed E-state index contributed by atoms with van der Waals surface area (Å²) >= 11 is 7.14. The normalized spacial score (nSPS) is 11.9. The van der Waals surface area contributed by atoms with Crippen LogP contribution in [0.3, 0.4) is 0 Å². The van der Waals surface area contributed by atoms with Gasteiger partial charge in [0.1, 0.15) is 0 Å². The molecule has 3 aromatic rings. The van der Waals surface area contributed by atoms with Crippen LogP contribution in [0.15, 0.2) is 23.8 Å². The second-order valence-corrected chi connectivity index (χ2v) is 6.32. The van der Waals surface area contributed by atoms with E-state index < -0.39 is 11.7 Å². The van der Waals surface area contributed by atoms with Crippen LogP contribution in [-0.2, 0) is 17.4 Å². The zero-order chi connectivity index (χ0) is 17.5. The van der Waals surface area contributed by atoms with Crippen molar-refractivity contribution in [3.05, 3.63) is 45.8 Å². The number of carbonyl (C=O) groups excluding carboxylic acids is 1. The maximum Gasteiger partial charge on any atom is 0.417 e. The van der Waals surface area contributed by atoms with Gasteiger partial charge in [-0.05, 0) is 13.0 Å². The van der Waals surface area contributed by atoms with Crippen LogP contribution in [-0.4, -0.2) is 20.3 Å². The van der Waals surface area contributed by atoms with Gasteiger partial charge in [-0.15, -0.1) is 11.3 Å². The third-order valence-electron chi connectivity index (χ3n) is 3.09. The van der Waals surface area contributed by atoms with Crippen LogP contribution in [0, 0.1) is 6.92 Å². The fraction of sp³-hybridized carbons (Fsp3) is 0.214. The number of aryl methyl sites for hydroxylation is 1. The van der Waals surface area contributed by atoms with E-state index in [2.05, 4.69) is 15.3 Å². The van der Waals surface area contributed by atoms with E-state index in [9.17, 15) is 18.0 Å². The molecule has 0 bridgehead atoms. The van der Waals surface area contributed by atoms with Gasteiger partial charge in [-0.2, -0.15) is 13.2 Å². The topological polar surface area (TPSA) is 59.3 Å². The van der Waals surface area contributed by atoms with Gasteiger partial charge in [-0.3, -0.25) is 4.79 Å². The number of imidazole rings is 1. The number of anilines is 1. The van der Waals surface area contributed by atoms with Crippen LogP contribution >= 0.6 is 22.9 Å². The van der Waals surface area contributed by atoms with Crippen molar-refractivity contribution in [3.8, 4) is 0 Å². The van der Waals surface area contributed by atoms with Crippen LogP contribution in [0.2, 0.25) is 5.02 Å². The summed E-state index contributed by atoms with van der Waals surface area (Å²) in [6.45, 7) is 1.80. The van der Waals surface area contributed by atoms with Gasteiger partial charge in [0, 0.05) is 17.8 Å². The lowest BCUT2D eigenvalue weighted by Crippen LogP contribution is -2.14. The lowest BCUT2D eigenvalue weighted by atomic mass is 10.3. The van der Waals surface area contributed by atoms with Gasteiger partial charge < -0.3 is 9.72 Å². The Morgan fingerprint density at radius 1 is 1.38 bits per heavy atom. The largest absolute Gasteiger partial charge is 0.417 e. The summed E-state index contributed by atoms with van der Waals surface area (Å²) in [5.74, 6) is -0.361. The number of halogens is 4. The SMILES string of the molecule is Cc1csc(NC(=O)Cc2cn3cc(C(F)(F)F)cc(Cl)c3n2)n1. The van der Waals surface area contributed by atoms with Gasteiger partial charge in [0.25, 0.3) is 0 Å². The number of hydrogen-bond acceptors (Lipinski definition) is 4. The van der Waals surface area contributed by atoms with Gasteiger partial charge >= 0.3 is 6.18 Å². The number of pyridine rings is 1. The van der Waals surface area contributed by atoms with Crippen molar-refractivity contribution in [2.24, 2.45) is 0 Å². The molecule has 3 rings (SSSR count). The molecule has 0 saturated carbocycles. The van der Waals surface area contributed by atoms with Crippen molar-refractivity contribution in [2.75, 3.05) is 5.32 Å². The van der Waals surface area contributed by atoms with Crippen molar-refractivity contribution < 1.29 is 18.0 Å². The lowest BCUT2D eigenvalue weighted by molar-refractivity contribution is -0.137. The fourth-order valence-electron chi connectivity index (χ4n) is 2.09. The summed E-state index contributed by atoms with van der Waals surface area (Å²) in [5.41, 5.74) is 0.376. The van der Waals surface area contributed by atoms with E-state index in [1.165, 1.54) is 21.9 Å². The number of fused-ring (bicyclic) bond motifs is 1. The minimum atomic E-state index is -4.51. The van der Waals surface area contributed by atoms with Gasteiger partial charge in [0.15, 0.2) is 10.8 Å². The summed E-state index contributed by atoms with van der Waals surface area (Å²) in [4.78, 5) is 20.2. The highest BCUT2D eigenvalue weighted by molar-refractivity contribution is 7.13. The molecule has 0 spiro atoms. The number of thiazole rings is 1. The summed E-state index contributed by atoms with van der Waals surface area (Å²) in [7, 11) is 0. The molecule has 0 radical (unpaired) electrons. The Morgan fingerprint density at radius 2 is 2.12 bits per heavy atom. The molecule has 1 N–H and O–H groups in total. The van der Waals surface area contributed by atoms with E-state index in [1.807, 2.05) is 0 Å². The molecule has 1 amide bonds. The molecule has 0 aliphatic carbocycles. The number of amides is 1. The molecule has 5 nitrogen and oxygen atoms in total. The number of nitrogens with one attached hydrogen (secondary N) is 1. The third kappa shape index (κ3) is 3.51. The lowest BCUT2D eigenvalue weighted by Gasteiger charge is -2.07. The molecule has 3 aromatic heterocycles. The van der Waals surface area contributed by atoms with Crippen LogP contribution in [0.4, 0.5) is 18.3 Å². The van der Waals surface area contributed by atoms with Crippen LogP contribution in [0.5, 0.6) is 0 Å². The Hall–Kier alpha value is -2.13. The molecule has 0 aliphatic rings. The summed E-state index contributed by atoms with van der Waals surface area (Å²) in [5, 5.41) is 4.73. The first-order valence-electron chi connectivity index (χ1n) is 6.68. The van der Waals surface area contributed by atoms with Gasteiger partial charge in [0.2, 0.25) is 5.91 Å². The maximum absolute atomic E-state index is 12.8. The second kappa shape index (κ2) is 6.06. The summed E-state index contributed by atoms with van der Waals surface area (Å²) in [6.07, 6.45) is -2.37. The standard InChI is InChI=1S/C14H10ClF3N4OS/c1-7-6-24-13(19-7)21-11(23)3-9-5-22-4-8(14(16,17)18)2-10(15)12(22)20-9/h2,4-6H,3H2,1H3,(H,19,21,23). The van der Waals surface area contributed by atoms with Crippen LogP contribution < -0.4 is 5.32 Å². The highest BCUT2D eigenvalue weighted by atomic mass is 35.5. The monoisotopic (exact) mass is 374 g/mol. The van der Waals surface area contributed by atoms with E-state index in [1.54, 1.807) is 12.3 Å². The zero-order valence-electron chi connectivity index (χ0n) is 12.2. The minimum absolute atomic E-state index is 0.0992. The average molecular weight is 375 g/mol. The molecule has 0 aromatic carbocycles. The summed E-state index contributed by atoms with van der Waals surface area (Å²) < 4.78 is 39.6. The Kier molecular flexibility index (Phi) is 4.22. The van der Waals surface area contributed by atoms with E-state index in [4.69, 9.17) is 11.6 Å². The van der Waals surface area contributed by atoms with Crippen LogP contribution in [0.1, 0.15) is 17.0 Å². The molecule has 0 saturated heterocycles. The summed E-state index contributed by atoms with van der Waals surface area (Å²) in [6, 6.07) is 0.812. The maximum atomic E-state index is 12.8. The average Bonchev–Trinajstić information content (AvgIpc) is 3.04. The van der Waals surface area contributed by atoms with Crippen molar-refractivity contribution in [1.82, 2.24) is 14.4 Å². The Bertz CT molecular complexity index is 919. The third-order valence-corrected chi connectivity index (χ3v) is 4.24. The Morgan fingerprint density at radius 3 is 2.75 bits per heavy atom. The molecule has 3 heterocycles. The van der Waals surface area contributed by atoms with Gasteiger partial charge in [0.05, 0.1) is 28.4 Å². The molecule has 0 aliphatic heterocycles. The van der Waals surface area contributed by atoms with E-state index in [-0.39, 0.29) is 23.0 Å². The first-order valence-corrected chi connectivity index (χ1v) is 7.94. The van der Waals surface area contributed by atoms with Crippen molar-refractivity contribution in [1.29, 1.82) is 0 Å². The van der Waals surface area contributed by atoms with Crippen molar-refractivity contribution in [3.63, 3.8) is 0 Å². The molecular formula is C14H10ClF3N4OS. The van der Waals surface area contributed by atoms with Crippen LogP contribution in [0.25, 0.3) is 5.65 Å². The predicted octanol–water partition coefficient (Wildman–Crippen LogP) is 3.95. The number of aromatic nitrogens is 3. The number of hydrogen-bond donors (Lipinski definition) is 1. The predicted molar refractivity (Wildman–Crippen MR) is 84.4 cm³/mol. The highest BCUT2D eigenvalue weighted by Gasteiger charge is 2.32. The first-order chi connectivity index (χ1) is 11.2. The molecule has 0 fully saturated rings. The van der Waals surface area contributed by atoms with Gasteiger partial charge in [-0.25, -0.2) is 9.97 Å². The number of nitrogens with zero attached hydrogens (tertiary/aromatic N) is 3. The van der Waals surface area contributed by atoms with Gasteiger partial charge in [-0.1, -0.05) is 11.6 Å². The molecule has 126 valence electrons. The van der Waals surface area contributed by atoms with E-state index >= 15 is 0 Å². The molecule has 0 atom stereocenters. The second-order valence-electron chi connectivity index (χ2n) is 5.06. The van der Waals surface area contributed by atoms with E-state index in [0.29, 0.717) is 10.8 Å². The van der Waals surface area contributed by atoms with E-state index in [0.717, 1.165) is 18.0 Å². The quantitative estimate of drug-likeness (QED) is 0.755. The molecule has 24 heavy (non-hydrogen) atoms. The molecule has 0 unspecified atom stereocenters.